The number of aromatic nitrogens is 1. The third-order valence-electron chi connectivity index (χ3n) is 2.43. The quantitative estimate of drug-likeness (QED) is 0.748. The normalized spacial score (nSPS) is 13.0. The van der Waals surface area contributed by atoms with Gasteiger partial charge in [-0.05, 0) is 26.7 Å². The molecule has 1 rings (SSSR count). The number of ether oxygens (including phenoxy) is 1. The zero-order valence-electron chi connectivity index (χ0n) is 10.3. The highest BCUT2D eigenvalue weighted by Gasteiger charge is 2.10. The summed E-state index contributed by atoms with van der Waals surface area (Å²) in [5.74, 6) is 0. The smallest absolute Gasteiger partial charge is 0.0956 e. The minimum absolute atomic E-state index is 0.332. The molecule has 0 aliphatic rings. The number of hydrogen-bond acceptors (Lipinski definition) is 4. The Bertz CT molecular complexity index is 292. The molecule has 0 saturated carbocycles. The predicted octanol–water partition coefficient (Wildman–Crippen LogP) is 2.48. The lowest BCUT2D eigenvalue weighted by molar-refractivity contribution is 0.0824. The molecule has 0 saturated heterocycles. The number of nitrogens with zero attached hydrogens (tertiary/aromatic N) is 1. The van der Waals surface area contributed by atoms with Crippen LogP contribution in [0.25, 0.3) is 0 Å². The minimum atomic E-state index is -0.332. The maximum absolute atomic E-state index is 9.79. The van der Waals surface area contributed by atoms with E-state index >= 15 is 0 Å². The first kappa shape index (κ1) is 13.6. The fraction of sp³-hybridized carbons (Fsp3) is 0.750. The maximum Gasteiger partial charge on any atom is 0.0956 e. The van der Waals surface area contributed by atoms with Gasteiger partial charge < -0.3 is 9.84 Å². The summed E-state index contributed by atoms with van der Waals surface area (Å²) in [6.07, 6.45) is 2.04. The fourth-order valence-electron chi connectivity index (χ4n) is 1.40. The number of aliphatic hydroxyl groups is 1. The highest BCUT2D eigenvalue weighted by Crippen LogP contribution is 2.18. The van der Waals surface area contributed by atoms with Gasteiger partial charge in [0.25, 0.3) is 0 Å². The lowest BCUT2D eigenvalue weighted by Crippen LogP contribution is -2.13. The summed E-state index contributed by atoms with van der Waals surface area (Å²) in [6.45, 7) is 7.57. The van der Waals surface area contributed by atoms with E-state index in [9.17, 15) is 5.11 Å². The first-order valence-corrected chi connectivity index (χ1v) is 6.63. The van der Waals surface area contributed by atoms with E-state index in [2.05, 4.69) is 18.8 Å². The van der Waals surface area contributed by atoms with Crippen molar-refractivity contribution in [2.45, 2.75) is 46.1 Å². The van der Waals surface area contributed by atoms with Crippen LogP contribution in [0.15, 0.2) is 0 Å². The van der Waals surface area contributed by atoms with Gasteiger partial charge in [-0.3, -0.25) is 0 Å². The largest absolute Gasteiger partial charge is 0.393 e. The Kier molecular flexibility index (Phi) is 5.95. The summed E-state index contributed by atoms with van der Waals surface area (Å²) >= 11 is 1.67. The van der Waals surface area contributed by atoms with Crippen LogP contribution in [0, 0.1) is 13.8 Å². The van der Waals surface area contributed by atoms with Crippen molar-refractivity contribution >= 4 is 11.3 Å². The van der Waals surface area contributed by atoms with Gasteiger partial charge in [-0.2, -0.15) is 0 Å². The summed E-state index contributed by atoms with van der Waals surface area (Å²) in [7, 11) is 0. The SMILES string of the molecule is CCCOCCC(O)Cc1nc(C)c(C)s1. The van der Waals surface area contributed by atoms with E-state index in [-0.39, 0.29) is 6.10 Å². The molecule has 0 aliphatic carbocycles. The molecule has 16 heavy (non-hydrogen) atoms. The second-order valence-corrected chi connectivity index (χ2v) is 5.30. The van der Waals surface area contributed by atoms with Crippen LogP contribution < -0.4 is 0 Å². The van der Waals surface area contributed by atoms with Gasteiger partial charge in [-0.15, -0.1) is 11.3 Å². The molecule has 0 spiro atoms. The number of aliphatic hydroxyl groups excluding tert-OH is 1. The molecule has 3 nitrogen and oxygen atoms in total. The molecule has 92 valence electrons. The van der Waals surface area contributed by atoms with Crippen molar-refractivity contribution in [3.05, 3.63) is 15.6 Å². The molecule has 0 fully saturated rings. The van der Waals surface area contributed by atoms with Crippen molar-refractivity contribution in [2.24, 2.45) is 0 Å². The van der Waals surface area contributed by atoms with E-state index in [1.807, 2.05) is 6.92 Å². The third-order valence-corrected chi connectivity index (χ3v) is 3.52. The number of rotatable bonds is 7. The van der Waals surface area contributed by atoms with Gasteiger partial charge in [0.15, 0.2) is 0 Å². The number of aryl methyl sites for hydroxylation is 2. The Morgan fingerprint density at radius 3 is 2.69 bits per heavy atom. The highest BCUT2D eigenvalue weighted by atomic mass is 32.1. The Balaban J connectivity index is 2.25. The molecule has 1 aromatic rings. The third kappa shape index (κ3) is 4.60. The predicted molar refractivity (Wildman–Crippen MR) is 67.0 cm³/mol. The molecule has 0 bridgehead atoms. The van der Waals surface area contributed by atoms with Gasteiger partial charge in [0.05, 0.1) is 16.8 Å². The monoisotopic (exact) mass is 243 g/mol. The molecular formula is C12H21NO2S. The average Bonchev–Trinajstić information content (AvgIpc) is 2.53. The molecule has 1 heterocycles. The maximum atomic E-state index is 9.79. The summed E-state index contributed by atoms with van der Waals surface area (Å²) < 4.78 is 5.34. The first-order valence-electron chi connectivity index (χ1n) is 5.82. The molecule has 0 aromatic carbocycles. The summed E-state index contributed by atoms with van der Waals surface area (Å²) in [5.41, 5.74) is 1.08. The number of hydrogen-bond donors (Lipinski definition) is 1. The van der Waals surface area contributed by atoms with Gasteiger partial charge in [-0.25, -0.2) is 4.98 Å². The van der Waals surface area contributed by atoms with Crippen LogP contribution in [0.2, 0.25) is 0 Å². The van der Waals surface area contributed by atoms with E-state index in [0.717, 1.165) is 23.7 Å². The van der Waals surface area contributed by atoms with E-state index < -0.39 is 0 Å². The van der Waals surface area contributed by atoms with Crippen LogP contribution in [-0.4, -0.2) is 29.4 Å². The standard InChI is InChI=1S/C12H21NO2S/c1-4-6-15-7-5-11(14)8-12-13-9(2)10(3)16-12/h11,14H,4-8H2,1-3H3. The lowest BCUT2D eigenvalue weighted by Gasteiger charge is -2.08. The van der Waals surface area contributed by atoms with Crippen molar-refractivity contribution < 1.29 is 9.84 Å². The zero-order chi connectivity index (χ0) is 12.0. The van der Waals surface area contributed by atoms with Crippen LogP contribution in [0.4, 0.5) is 0 Å². The zero-order valence-corrected chi connectivity index (χ0v) is 11.1. The van der Waals surface area contributed by atoms with Gasteiger partial charge in [0.2, 0.25) is 0 Å². The second-order valence-electron chi connectivity index (χ2n) is 4.01. The molecule has 1 aromatic heterocycles. The van der Waals surface area contributed by atoms with Crippen LogP contribution in [0.1, 0.15) is 35.3 Å². The summed E-state index contributed by atoms with van der Waals surface area (Å²) in [6, 6.07) is 0. The molecule has 0 radical (unpaired) electrons. The van der Waals surface area contributed by atoms with Crippen LogP contribution >= 0.6 is 11.3 Å². The van der Waals surface area contributed by atoms with E-state index in [1.54, 1.807) is 11.3 Å². The van der Waals surface area contributed by atoms with Crippen LogP contribution in [0.5, 0.6) is 0 Å². The molecular weight excluding hydrogens is 222 g/mol. The van der Waals surface area contributed by atoms with Gasteiger partial charge in [-0.1, -0.05) is 6.92 Å². The lowest BCUT2D eigenvalue weighted by atomic mass is 10.2. The molecule has 0 amide bonds. The van der Waals surface area contributed by atoms with Crippen molar-refractivity contribution in [2.75, 3.05) is 13.2 Å². The van der Waals surface area contributed by atoms with Crippen molar-refractivity contribution in [1.82, 2.24) is 4.98 Å². The molecule has 1 N–H and O–H groups in total. The fourth-order valence-corrected chi connectivity index (χ4v) is 2.40. The van der Waals surface area contributed by atoms with Crippen molar-refractivity contribution in [3.63, 3.8) is 0 Å². The topological polar surface area (TPSA) is 42.4 Å². The molecule has 1 unspecified atom stereocenters. The van der Waals surface area contributed by atoms with Gasteiger partial charge in [0, 0.05) is 24.5 Å². The van der Waals surface area contributed by atoms with Crippen LogP contribution in [0.3, 0.4) is 0 Å². The first-order chi connectivity index (χ1) is 7.63. The summed E-state index contributed by atoms with van der Waals surface area (Å²) in [4.78, 5) is 5.65. The Morgan fingerprint density at radius 2 is 2.12 bits per heavy atom. The van der Waals surface area contributed by atoms with Crippen molar-refractivity contribution in [1.29, 1.82) is 0 Å². The minimum Gasteiger partial charge on any atom is -0.393 e. The van der Waals surface area contributed by atoms with Gasteiger partial charge >= 0.3 is 0 Å². The van der Waals surface area contributed by atoms with E-state index in [4.69, 9.17) is 4.74 Å². The Morgan fingerprint density at radius 1 is 1.38 bits per heavy atom. The second kappa shape index (κ2) is 6.99. The van der Waals surface area contributed by atoms with E-state index in [0.29, 0.717) is 19.4 Å². The van der Waals surface area contributed by atoms with Crippen LogP contribution in [-0.2, 0) is 11.2 Å². The van der Waals surface area contributed by atoms with Crippen molar-refractivity contribution in [3.8, 4) is 0 Å². The average molecular weight is 243 g/mol. The molecule has 0 aliphatic heterocycles. The molecule has 4 heteroatoms. The Labute approximate surface area is 101 Å². The highest BCUT2D eigenvalue weighted by molar-refractivity contribution is 7.11. The van der Waals surface area contributed by atoms with Gasteiger partial charge in [0.1, 0.15) is 0 Å². The molecule has 1 atom stereocenters. The number of thiazole rings is 1. The van der Waals surface area contributed by atoms with E-state index in [1.165, 1.54) is 4.88 Å². The summed E-state index contributed by atoms with van der Waals surface area (Å²) in [5, 5.41) is 10.8. The Hall–Kier alpha value is -0.450.